The summed E-state index contributed by atoms with van der Waals surface area (Å²) in [6.45, 7) is 7.75. The molecule has 0 aliphatic heterocycles. The number of aromatic nitrogens is 2. The minimum atomic E-state index is -0.0661. The van der Waals surface area contributed by atoms with Gasteiger partial charge < -0.3 is 10.2 Å². The number of likely N-dealkylation sites (N-methyl/N-ethyl adjacent to an activating group) is 1. The molecule has 0 aliphatic carbocycles. The summed E-state index contributed by atoms with van der Waals surface area (Å²) >= 11 is 6.04. The van der Waals surface area contributed by atoms with E-state index in [9.17, 15) is 4.79 Å². The van der Waals surface area contributed by atoms with Crippen LogP contribution in [0.15, 0.2) is 0 Å². The van der Waals surface area contributed by atoms with E-state index < -0.39 is 0 Å². The largest absolute Gasteiger partial charge is 0.352 e. The Kier molecular flexibility index (Phi) is 4.90. The summed E-state index contributed by atoms with van der Waals surface area (Å²) in [5.74, 6) is 0.460. The molecule has 0 radical (unpaired) electrons. The number of hydrogen-bond donors (Lipinski definition) is 1. The van der Waals surface area contributed by atoms with Crippen LogP contribution < -0.4 is 10.2 Å². The topological polar surface area (TPSA) is 58.1 Å². The molecule has 0 saturated carbocycles. The molecule has 0 saturated heterocycles. The first kappa shape index (κ1) is 14.7. The summed E-state index contributed by atoms with van der Waals surface area (Å²) in [5.41, 5.74) is 1.61. The number of aryl methyl sites for hydroxylation is 2. The smallest absolute Gasteiger partial charge is 0.239 e. The van der Waals surface area contributed by atoms with Crippen molar-refractivity contribution in [3.05, 3.63) is 16.5 Å². The van der Waals surface area contributed by atoms with Crippen LogP contribution in [0.3, 0.4) is 0 Å². The van der Waals surface area contributed by atoms with Gasteiger partial charge in [0.15, 0.2) is 11.0 Å². The summed E-state index contributed by atoms with van der Waals surface area (Å²) in [5, 5.41) is 3.13. The van der Waals surface area contributed by atoms with Gasteiger partial charge in [0.25, 0.3) is 0 Å². The Morgan fingerprint density at radius 3 is 2.44 bits per heavy atom. The Hall–Kier alpha value is -1.36. The van der Waals surface area contributed by atoms with Gasteiger partial charge in [-0.05, 0) is 27.7 Å². The van der Waals surface area contributed by atoms with Crippen molar-refractivity contribution in [3.8, 4) is 0 Å². The average molecular weight is 271 g/mol. The van der Waals surface area contributed by atoms with Gasteiger partial charge in [-0.1, -0.05) is 11.6 Å². The molecule has 100 valence electrons. The summed E-state index contributed by atoms with van der Waals surface area (Å²) in [7, 11) is 1.77. The van der Waals surface area contributed by atoms with Crippen molar-refractivity contribution < 1.29 is 4.79 Å². The first-order chi connectivity index (χ1) is 8.31. The highest BCUT2D eigenvalue weighted by atomic mass is 35.5. The van der Waals surface area contributed by atoms with Crippen molar-refractivity contribution in [2.45, 2.75) is 33.7 Å². The van der Waals surface area contributed by atoms with Crippen LogP contribution in [-0.4, -0.2) is 35.5 Å². The Bertz CT molecular complexity index is 448. The van der Waals surface area contributed by atoms with Gasteiger partial charge in [0.05, 0.1) is 17.9 Å². The van der Waals surface area contributed by atoms with E-state index in [4.69, 9.17) is 11.6 Å². The molecular weight excluding hydrogens is 252 g/mol. The second-order valence-electron chi connectivity index (χ2n) is 4.59. The standard InChI is InChI=1S/C12H19ClN4O/c1-7(2)14-10(18)6-17(5)12-11(13)15-8(3)9(4)16-12/h7H,6H2,1-5H3,(H,14,18). The fourth-order valence-electron chi connectivity index (χ4n) is 1.46. The van der Waals surface area contributed by atoms with Crippen LogP contribution in [-0.2, 0) is 4.79 Å². The van der Waals surface area contributed by atoms with Crippen molar-refractivity contribution in [1.29, 1.82) is 0 Å². The molecule has 0 bridgehead atoms. The van der Waals surface area contributed by atoms with Crippen LogP contribution in [0.1, 0.15) is 25.2 Å². The number of nitrogens with one attached hydrogen (secondary N) is 1. The van der Waals surface area contributed by atoms with E-state index in [0.29, 0.717) is 11.0 Å². The van der Waals surface area contributed by atoms with Crippen molar-refractivity contribution >= 4 is 23.3 Å². The number of amides is 1. The highest BCUT2D eigenvalue weighted by Crippen LogP contribution is 2.21. The Morgan fingerprint density at radius 2 is 1.89 bits per heavy atom. The maximum absolute atomic E-state index is 11.7. The molecule has 0 spiro atoms. The van der Waals surface area contributed by atoms with Gasteiger partial charge >= 0.3 is 0 Å². The fourth-order valence-corrected chi connectivity index (χ4v) is 1.78. The molecule has 1 amide bonds. The third kappa shape index (κ3) is 3.84. The lowest BCUT2D eigenvalue weighted by Crippen LogP contribution is -2.39. The van der Waals surface area contributed by atoms with Crippen LogP contribution >= 0.6 is 11.6 Å². The van der Waals surface area contributed by atoms with Crippen LogP contribution in [0, 0.1) is 13.8 Å². The highest BCUT2D eigenvalue weighted by molar-refractivity contribution is 6.31. The Balaban J connectivity index is 2.81. The summed E-state index contributed by atoms with van der Waals surface area (Å²) in [6, 6.07) is 0.118. The summed E-state index contributed by atoms with van der Waals surface area (Å²) in [4.78, 5) is 21.9. The normalized spacial score (nSPS) is 10.6. The maximum atomic E-state index is 11.7. The molecular formula is C12H19ClN4O. The van der Waals surface area contributed by atoms with Gasteiger partial charge in [-0.15, -0.1) is 0 Å². The van der Waals surface area contributed by atoms with E-state index >= 15 is 0 Å². The van der Waals surface area contributed by atoms with E-state index in [1.807, 2.05) is 27.7 Å². The second-order valence-corrected chi connectivity index (χ2v) is 4.95. The molecule has 6 heteroatoms. The Labute approximate surface area is 113 Å². The zero-order chi connectivity index (χ0) is 13.9. The molecule has 1 aromatic heterocycles. The SMILES string of the molecule is Cc1nc(Cl)c(N(C)CC(=O)NC(C)C)nc1C. The van der Waals surface area contributed by atoms with E-state index in [0.717, 1.165) is 11.4 Å². The third-order valence-corrected chi connectivity index (χ3v) is 2.69. The minimum absolute atomic E-state index is 0.0661. The van der Waals surface area contributed by atoms with Gasteiger partial charge in [0.2, 0.25) is 5.91 Å². The number of hydrogen-bond acceptors (Lipinski definition) is 4. The van der Waals surface area contributed by atoms with Gasteiger partial charge in [-0.25, -0.2) is 9.97 Å². The van der Waals surface area contributed by atoms with Crippen LogP contribution in [0.4, 0.5) is 5.82 Å². The van der Waals surface area contributed by atoms with Gasteiger partial charge in [0, 0.05) is 13.1 Å². The number of rotatable bonds is 4. The van der Waals surface area contributed by atoms with Crippen molar-refractivity contribution in [3.63, 3.8) is 0 Å². The number of carbonyl (C=O) groups excluding carboxylic acids is 1. The summed E-state index contributed by atoms with van der Waals surface area (Å²) in [6.07, 6.45) is 0. The molecule has 18 heavy (non-hydrogen) atoms. The second kappa shape index (κ2) is 6.00. The molecule has 1 aromatic rings. The molecule has 0 aromatic carbocycles. The van der Waals surface area contributed by atoms with E-state index in [2.05, 4.69) is 15.3 Å². The zero-order valence-corrected chi connectivity index (χ0v) is 12.2. The number of anilines is 1. The fraction of sp³-hybridized carbons (Fsp3) is 0.583. The van der Waals surface area contributed by atoms with E-state index in [-0.39, 0.29) is 18.5 Å². The van der Waals surface area contributed by atoms with Gasteiger partial charge in [-0.2, -0.15) is 0 Å². The first-order valence-corrected chi connectivity index (χ1v) is 6.20. The van der Waals surface area contributed by atoms with Crippen molar-refractivity contribution in [2.75, 3.05) is 18.5 Å². The number of nitrogens with zero attached hydrogens (tertiary/aromatic N) is 3. The molecule has 1 heterocycles. The average Bonchev–Trinajstić information content (AvgIpc) is 2.21. The quantitative estimate of drug-likeness (QED) is 0.905. The van der Waals surface area contributed by atoms with Crippen molar-refractivity contribution in [2.24, 2.45) is 0 Å². The first-order valence-electron chi connectivity index (χ1n) is 5.82. The zero-order valence-electron chi connectivity index (χ0n) is 11.4. The lowest BCUT2D eigenvalue weighted by atomic mass is 10.3. The molecule has 0 aliphatic rings. The van der Waals surface area contributed by atoms with Gasteiger partial charge in [-0.3, -0.25) is 4.79 Å². The highest BCUT2D eigenvalue weighted by Gasteiger charge is 2.14. The monoisotopic (exact) mass is 270 g/mol. The predicted octanol–water partition coefficient (Wildman–Crippen LogP) is 1.71. The van der Waals surface area contributed by atoms with E-state index in [1.165, 1.54) is 0 Å². The van der Waals surface area contributed by atoms with Crippen LogP contribution in [0.2, 0.25) is 5.15 Å². The molecule has 0 unspecified atom stereocenters. The van der Waals surface area contributed by atoms with Gasteiger partial charge in [0.1, 0.15) is 0 Å². The molecule has 1 rings (SSSR count). The predicted molar refractivity (Wildman–Crippen MR) is 73.1 cm³/mol. The maximum Gasteiger partial charge on any atom is 0.239 e. The lowest BCUT2D eigenvalue weighted by molar-refractivity contribution is -0.120. The van der Waals surface area contributed by atoms with Crippen molar-refractivity contribution in [1.82, 2.24) is 15.3 Å². The molecule has 5 nitrogen and oxygen atoms in total. The minimum Gasteiger partial charge on any atom is -0.352 e. The lowest BCUT2D eigenvalue weighted by Gasteiger charge is -2.20. The molecule has 0 atom stereocenters. The van der Waals surface area contributed by atoms with Crippen LogP contribution in [0.5, 0.6) is 0 Å². The molecule has 0 fully saturated rings. The van der Waals surface area contributed by atoms with Crippen LogP contribution in [0.25, 0.3) is 0 Å². The number of halogens is 1. The molecule has 1 N–H and O–H groups in total. The Morgan fingerprint density at radius 1 is 1.33 bits per heavy atom. The summed E-state index contributed by atoms with van der Waals surface area (Å²) < 4.78 is 0. The number of carbonyl (C=O) groups is 1. The van der Waals surface area contributed by atoms with E-state index in [1.54, 1.807) is 11.9 Å². The third-order valence-electron chi connectivity index (χ3n) is 2.44.